The highest BCUT2D eigenvalue weighted by Gasteiger charge is 2.11. The van der Waals surface area contributed by atoms with E-state index in [1.54, 1.807) is 17.6 Å². The number of thiophene rings is 1. The number of nitrogens with one attached hydrogen (secondary N) is 1. The molecule has 3 heterocycles. The Morgan fingerprint density at radius 2 is 2.27 bits per heavy atom. The van der Waals surface area contributed by atoms with Gasteiger partial charge < -0.3 is 9.40 Å². The van der Waals surface area contributed by atoms with Gasteiger partial charge in [0.15, 0.2) is 0 Å². The van der Waals surface area contributed by atoms with Crippen LogP contribution in [0.2, 0.25) is 0 Å². The molecule has 0 aliphatic carbocycles. The summed E-state index contributed by atoms with van der Waals surface area (Å²) in [5.41, 5.74) is 2.13. The number of furan rings is 1. The Labute approximate surface area is 91.2 Å². The first-order chi connectivity index (χ1) is 7.45. The minimum absolute atomic E-state index is 0.871. The number of rotatable bonds is 2. The van der Waals surface area contributed by atoms with Gasteiger partial charge >= 0.3 is 0 Å². The van der Waals surface area contributed by atoms with E-state index < -0.39 is 0 Å². The summed E-state index contributed by atoms with van der Waals surface area (Å²) in [7, 11) is 0. The summed E-state index contributed by atoms with van der Waals surface area (Å²) in [4.78, 5) is 4.19. The Bertz CT molecular complexity index is 485. The predicted molar refractivity (Wildman–Crippen MR) is 60.6 cm³/mol. The van der Waals surface area contributed by atoms with Crippen LogP contribution in [0.25, 0.3) is 21.8 Å². The molecule has 1 radical (unpaired) electrons. The van der Waals surface area contributed by atoms with E-state index in [9.17, 15) is 0 Å². The van der Waals surface area contributed by atoms with Crippen molar-refractivity contribution in [1.82, 2.24) is 4.98 Å². The third-order valence-corrected chi connectivity index (χ3v) is 3.12. The summed E-state index contributed by atoms with van der Waals surface area (Å²) in [5, 5.41) is 2.06. The molecule has 0 atom stereocenters. The van der Waals surface area contributed by atoms with Crippen LogP contribution in [0.1, 0.15) is 0 Å². The van der Waals surface area contributed by atoms with Crippen LogP contribution in [0.5, 0.6) is 0 Å². The van der Waals surface area contributed by atoms with E-state index in [4.69, 9.17) is 4.42 Å². The minimum atomic E-state index is 0.871. The summed E-state index contributed by atoms with van der Waals surface area (Å²) in [6.07, 6.45) is 6.71. The summed E-state index contributed by atoms with van der Waals surface area (Å²) in [6, 6.07) is 7.96. The van der Waals surface area contributed by atoms with E-state index >= 15 is 0 Å². The van der Waals surface area contributed by atoms with E-state index in [-0.39, 0.29) is 0 Å². The molecule has 0 amide bonds. The van der Waals surface area contributed by atoms with Gasteiger partial charge in [0.1, 0.15) is 5.76 Å². The molecule has 0 aliphatic heterocycles. The Kier molecular flexibility index (Phi) is 1.96. The van der Waals surface area contributed by atoms with Crippen molar-refractivity contribution in [1.29, 1.82) is 0 Å². The van der Waals surface area contributed by atoms with Crippen molar-refractivity contribution < 1.29 is 4.42 Å². The fourth-order valence-corrected chi connectivity index (χ4v) is 2.30. The lowest BCUT2D eigenvalue weighted by Crippen LogP contribution is -1.72. The summed E-state index contributed by atoms with van der Waals surface area (Å²) >= 11 is 1.70. The lowest BCUT2D eigenvalue weighted by Gasteiger charge is -1.96. The van der Waals surface area contributed by atoms with Crippen LogP contribution in [-0.2, 0) is 0 Å². The largest absolute Gasteiger partial charge is 0.464 e. The van der Waals surface area contributed by atoms with Crippen LogP contribution < -0.4 is 0 Å². The maximum atomic E-state index is 5.38. The zero-order valence-corrected chi connectivity index (χ0v) is 8.67. The molecule has 0 bridgehead atoms. The number of aromatic nitrogens is 1. The van der Waals surface area contributed by atoms with Gasteiger partial charge in [-0.15, -0.1) is 11.3 Å². The molecule has 0 fully saturated rings. The SMILES string of the molecule is [c]1[nH]cc(-c2ccco2)c1-c1cccs1. The van der Waals surface area contributed by atoms with Gasteiger partial charge in [0.2, 0.25) is 0 Å². The Balaban J connectivity index is 2.15. The Hall–Kier alpha value is -1.74. The summed E-state index contributed by atoms with van der Waals surface area (Å²) < 4.78 is 5.38. The minimum Gasteiger partial charge on any atom is -0.464 e. The van der Waals surface area contributed by atoms with Crippen LogP contribution in [0.15, 0.2) is 46.5 Å². The molecule has 0 unspecified atom stereocenters. The van der Waals surface area contributed by atoms with Crippen LogP contribution in [0.3, 0.4) is 0 Å². The molecule has 15 heavy (non-hydrogen) atoms. The molecule has 3 heteroatoms. The topological polar surface area (TPSA) is 28.9 Å². The summed E-state index contributed by atoms with van der Waals surface area (Å²) in [6.45, 7) is 0. The van der Waals surface area contributed by atoms with Crippen molar-refractivity contribution >= 4 is 11.3 Å². The number of aromatic amines is 1. The van der Waals surface area contributed by atoms with Gasteiger partial charge in [-0.25, -0.2) is 0 Å². The van der Waals surface area contributed by atoms with Crippen molar-refractivity contribution in [2.75, 3.05) is 0 Å². The fraction of sp³-hybridized carbons (Fsp3) is 0. The summed E-state index contributed by atoms with van der Waals surface area (Å²) in [5.74, 6) is 0.871. The molecule has 0 aliphatic rings. The molecule has 3 aromatic heterocycles. The van der Waals surface area contributed by atoms with Gasteiger partial charge in [-0.05, 0) is 23.6 Å². The first kappa shape index (κ1) is 8.56. The standard InChI is InChI=1S/C12H8NOS/c1-3-11(14-5-1)9-7-13-8-10(9)12-4-2-6-15-12/h1-7,13H. The van der Waals surface area contributed by atoms with E-state index in [1.807, 2.05) is 24.4 Å². The maximum absolute atomic E-state index is 5.38. The Morgan fingerprint density at radius 1 is 1.27 bits per heavy atom. The van der Waals surface area contributed by atoms with Crippen LogP contribution in [0.4, 0.5) is 0 Å². The zero-order chi connectivity index (χ0) is 10.1. The number of H-pyrrole nitrogens is 1. The first-order valence-corrected chi connectivity index (χ1v) is 5.50. The number of hydrogen-bond donors (Lipinski definition) is 1. The molecule has 0 aromatic carbocycles. The van der Waals surface area contributed by atoms with E-state index in [0.717, 1.165) is 16.9 Å². The van der Waals surface area contributed by atoms with Gasteiger partial charge in [-0.2, -0.15) is 0 Å². The predicted octanol–water partition coefficient (Wildman–Crippen LogP) is 3.80. The normalized spacial score (nSPS) is 10.7. The monoisotopic (exact) mass is 214 g/mol. The number of hydrogen-bond acceptors (Lipinski definition) is 2. The molecule has 1 N–H and O–H groups in total. The molecule has 0 spiro atoms. The van der Waals surface area contributed by atoms with Gasteiger partial charge in [-0.1, -0.05) is 6.07 Å². The molecular weight excluding hydrogens is 206 g/mol. The molecular formula is C12H8NOS. The van der Waals surface area contributed by atoms with Crippen molar-refractivity contribution in [3.8, 4) is 21.8 Å². The van der Waals surface area contributed by atoms with Crippen molar-refractivity contribution in [2.45, 2.75) is 0 Å². The van der Waals surface area contributed by atoms with E-state index in [1.165, 1.54) is 4.88 Å². The second-order valence-corrected chi connectivity index (χ2v) is 4.10. The fourth-order valence-electron chi connectivity index (χ4n) is 1.56. The smallest absolute Gasteiger partial charge is 0.136 e. The third kappa shape index (κ3) is 1.41. The second kappa shape index (κ2) is 3.44. The molecule has 3 aromatic rings. The van der Waals surface area contributed by atoms with Gasteiger partial charge in [0, 0.05) is 22.2 Å². The average molecular weight is 214 g/mol. The van der Waals surface area contributed by atoms with Crippen LogP contribution in [0, 0.1) is 6.20 Å². The molecule has 0 saturated carbocycles. The lowest BCUT2D eigenvalue weighted by molar-refractivity contribution is 0.582. The molecule has 2 nitrogen and oxygen atoms in total. The van der Waals surface area contributed by atoms with E-state index in [2.05, 4.69) is 22.6 Å². The quantitative estimate of drug-likeness (QED) is 0.690. The van der Waals surface area contributed by atoms with Crippen molar-refractivity contribution in [3.05, 3.63) is 48.3 Å². The van der Waals surface area contributed by atoms with Crippen molar-refractivity contribution in [2.24, 2.45) is 0 Å². The second-order valence-electron chi connectivity index (χ2n) is 3.16. The Morgan fingerprint density at radius 3 is 3.00 bits per heavy atom. The van der Waals surface area contributed by atoms with Crippen molar-refractivity contribution in [3.63, 3.8) is 0 Å². The first-order valence-electron chi connectivity index (χ1n) is 4.62. The van der Waals surface area contributed by atoms with E-state index in [0.29, 0.717) is 0 Å². The maximum Gasteiger partial charge on any atom is 0.136 e. The highest BCUT2D eigenvalue weighted by atomic mass is 32.1. The van der Waals surface area contributed by atoms with Gasteiger partial charge in [-0.3, -0.25) is 0 Å². The molecule has 0 saturated heterocycles. The highest BCUT2D eigenvalue weighted by molar-refractivity contribution is 7.13. The average Bonchev–Trinajstić information content (AvgIpc) is 3.01. The lowest BCUT2D eigenvalue weighted by atomic mass is 10.1. The van der Waals surface area contributed by atoms with Crippen LogP contribution >= 0.6 is 11.3 Å². The molecule has 73 valence electrons. The highest BCUT2D eigenvalue weighted by Crippen LogP contribution is 2.34. The zero-order valence-electron chi connectivity index (χ0n) is 7.86. The van der Waals surface area contributed by atoms with Gasteiger partial charge in [0.25, 0.3) is 0 Å². The molecule has 3 rings (SSSR count). The van der Waals surface area contributed by atoms with Crippen LogP contribution in [-0.4, -0.2) is 4.98 Å². The van der Waals surface area contributed by atoms with Gasteiger partial charge in [0.05, 0.1) is 12.5 Å². The third-order valence-electron chi connectivity index (χ3n) is 2.24.